The number of benzene rings is 9. The number of rotatable bonds is 7. The van der Waals surface area contributed by atoms with E-state index in [9.17, 15) is 0 Å². The zero-order valence-electron chi connectivity index (χ0n) is 44.4. The number of hydrogen-bond acceptors (Lipinski definition) is 5. The minimum absolute atomic E-state index is 0.735. The second-order valence-electron chi connectivity index (χ2n) is 21.4. The van der Waals surface area contributed by atoms with Gasteiger partial charge in [0.05, 0.1) is 62.7 Å². The Kier molecular flexibility index (Phi) is 9.80. The van der Waals surface area contributed by atoms with Crippen LogP contribution in [0.25, 0.3) is 164 Å². The summed E-state index contributed by atoms with van der Waals surface area (Å²) in [5, 5.41) is 11.2. The highest BCUT2D eigenvalue weighted by Gasteiger charge is 2.34. The van der Waals surface area contributed by atoms with Gasteiger partial charge in [-0.15, -0.1) is 11.3 Å². The van der Waals surface area contributed by atoms with E-state index in [1.807, 2.05) is 48.5 Å². The molecule has 9 aromatic heterocycles. The van der Waals surface area contributed by atoms with Crippen LogP contribution in [0.15, 0.2) is 268 Å². The number of para-hydroxylation sites is 3. The standard InChI is InChI=1S/C74H44N8S/c1-3-16-45(17-4-1)47-30-32-63-58(40-47)59-41-48(46-18-5-2-6-19-46)31-33-64(59)81(63)73-70(79-60-26-11-7-20-49(60)52-34-37-75-42-65(52)79)69(57-25-15-24-56-55-23-10-14-29-68(55)83-72(56)57)71(80-61-27-12-8-21-50(61)53-35-38-76-43-66(53)80)74(78-73)82-62-28-13-9-22-51(62)54-36-39-77-44-67(54)82/h1-44H. The van der Waals surface area contributed by atoms with E-state index in [1.54, 1.807) is 0 Å². The molecule has 0 aliphatic carbocycles. The van der Waals surface area contributed by atoms with Gasteiger partial charge in [-0.1, -0.05) is 164 Å². The van der Waals surface area contributed by atoms with Crippen LogP contribution in [0.2, 0.25) is 0 Å². The fraction of sp³-hybridized carbons (Fsp3) is 0. The van der Waals surface area contributed by atoms with Gasteiger partial charge in [-0.05, 0) is 89.0 Å². The summed E-state index contributed by atoms with van der Waals surface area (Å²) in [5.74, 6) is 1.48. The third-order valence-electron chi connectivity index (χ3n) is 17.1. The summed E-state index contributed by atoms with van der Waals surface area (Å²) in [7, 11) is 0. The van der Waals surface area contributed by atoms with Crippen molar-refractivity contribution in [2.24, 2.45) is 0 Å². The topological polar surface area (TPSA) is 71.3 Å². The van der Waals surface area contributed by atoms with Crippen LogP contribution in [-0.2, 0) is 0 Å². The molecule has 0 N–H and O–H groups in total. The van der Waals surface area contributed by atoms with Crippen molar-refractivity contribution in [2.75, 3.05) is 0 Å². The lowest BCUT2D eigenvalue weighted by molar-refractivity contribution is 0.959. The van der Waals surface area contributed by atoms with E-state index in [2.05, 4.69) is 249 Å². The van der Waals surface area contributed by atoms with E-state index in [4.69, 9.17) is 19.9 Å². The minimum atomic E-state index is 0.735. The van der Waals surface area contributed by atoms with Crippen LogP contribution in [0.5, 0.6) is 0 Å². The Labute approximate surface area is 478 Å². The smallest absolute Gasteiger partial charge is 0.165 e. The molecule has 83 heavy (non-hydrogen) atoms. The van der Waals surface area contributed by atoms with E-state index >= 15 is 0 Å². The molecule has 0 aliphatic rings. The van der Waals surface area contributed by atoms with Crippen LogP contribution in [0, 0.1) is 0 Å². The normalized spacial score (nSPS) is 12.1. The minimum Gasteiger partial charge on any atom is -0.304 e. The van der Waals surface area contributed by atoms with E-state index in [0.717, 1.165) is 144 Å². The van der Waals surface area contributed by atoms with Crippen LogP contribution in [0.1, 0.15) is 0 Å². The molecule has 0 atom stereocenters. The first kappa shape index (κ1) is 45.8. The number of thiophene rings is 1. The lowest BCUT2D eigenvalue weighted by Gasteiger charge is -2.27. The number of hydrogen-bond donors (Lipinski definition) is 0. The Morgan fingerprint density at radius 1 is 0.277 bits per heavy atom. The maximum absolute atomic E-state index is 6.49. The Morgan fingerprint density at radius 3 is 1.19 bits per heavy atom. The highest BCUT2D eigenvalue weighted by atomic mass is 32.1. The van der Waals surface area contributed by atoms with Crippen molar-refractivity contribution < 1.29 is 0 Å². The fourth-order valence-corrected chi connectivity index (χ4v) is 14.7. The van der Waals surface area contributed by atoms with Crippen LogP contribution < -0.4 is 0 Å². The number of pyridine rings is 4. The zero-order chi connectivity index (χ0) is 54.3. The van der Waals surface area contributed by atoms with E-state index in [1.165, 1.54) is 20.2 Å². The molecule has 0 spiro atoms. The largest absolute Gasteiger partial charge is 0.304 e. The summed E-state index contributed by atoms with van der Waals surface area (Å²) in [6.07, 6.45) is 11.8. The molecule has 0 radical (unpaired) electrons. The lowest BCUT2D eigenvalue weighted by Crippen LogP contribution is -2.16. The summed E-state index contributed by atoms with van der Waals surface area (Å²) in [6, 6.07) is 83.7. The number of aromatic nitrogens is 8. The molecule has 0 aliphatic heterocycles. The van der Waals surface area contributed by atoms with Crippen molar-refractivity contribution >= 4 is 119 Å². The predicted molar refractivity (Wildman–Crippen MR) is 344 cm³/mol. The molecule has 386 valence electrons. The first-order valence-corrected chi connectivity index (χ1v) is 28.7. The number of fused-ring (bicyclic) bond motifs is 15. The molecule has 0 saturated heterocycles. The summed E-state index contributed by atoms with van der Waals surface area (Å²) in [4.78, 5) is 21.3. The Bertz CT molecular complexity index is 5450. The molecule has 8 nitrogen and oxygen atoms in total. The van der Waals surface area contributed by atoms with Crippen molar-refractivity contribution in [1.29, 1.82) is 0 Å². The summed E-state index contributed by atoms with van der Waals surface area (Å²) in [6.45, 7) is 0. The summed E-state index contributed by atoms with van der Waals surface area (Å²) < 4.78 is 12.1. The average Bonchev–Trinajstić information content (AvgIpc) is 1.85. The predicted octanol–water partition coefficient (Wildman–Crippen LogP) is 19.0. The molecule has 0 fully saturated rings. The highest BCUT2D eigenvalue weighted by Crippen LogP contribution is 2.52. The summed E-state index contributed by atoms with van der Waals surface area (Å²) >= 11 is 1.84. The first-order chi connectivity index (χ1) is 41.2. The van der Waals surface area contributed by atoms with Gasteiger partial charge in [-0.2, -0.15) is 0 Å². The maximum atomic E-state index is 6.49. The molecule has 9 aromatic carbocycles. The van der Waals surface area contributed by atoms with Crippen molar-refractivity contribution in [2.45, 2.75) is 0 Å². The van der Waals surface area contributed by atoms with Gasteiger partial charge in [0.2, 0.25) is 0 Å². The fourth-order valence-electron chi connectivity index (χ4n) is 13.5. The summed E-state index contributed by atoms with van der Waals surface area (Å²) in [5.41, 5.74) is 16.4. The molecule has 0 amide bonds. The second-order valence-corrected chi connectivity index (χ2v) is 22.4. The van der Waals surface area contributed by atoms with Crippen LogP contribution in [0.3, 0.4) is 0 Å². The molecular formula is C74H44N8S. The van der Waals surface area contributed by atoms with Gasteiger partial charge >= 0.3 is 0 Å². The Balaban J connectivity index is 1.14. The van der Waals surface area contributed by atoms with Crippen molar-refractivity contribution in [1.82, 2.24) is 38.2 Å². The lowest BCUT2D eigenvalue weighted by atomic mass is 9.98. The third-order valence-corrected chi connectivity index (χ3v) is 18.3. The molecule has 9 heteroatoms. The molecule has 18 aromatic rings. The highest BCUT2D eigenvalue weighted by molar-refractivity contribution is 7.26. The molecule has 0 unspecified atom stereocenters. The van der Waals surface area contributed by atoms with Gasteiger partial charge in [-0.3, -0.25) is 24.1 Å². The van der Waals surface area contributed by atoms with Crippen LogP contribution >= 0.6 is 11.3 Å². The molecule has 9 heterocycles. The molecule has 0 saturated carbocycles. The average molecular weight is 1080 g/mol. The third kappa shape index (κ3) is 6.62. The quantitative estimate of drug-likeness (QED) is 0.159. The molecular weight excluding hydrogens is 1030 g/mol. The first-order valence-electron chi connectivity index (χ1n) is 27.9. The SMILES string of the molecule is c1ccc(-c2ccc3c(c2)c2cc(-c4ccccc4)ccc2n3-c2nc(-n3c4ccccc4c4ccncc43)c(-n3c4ccccc4c4ccncc43)c(-c3cccc4c3sc3ccccc34)c2-n2c3ccccc3c3ccncc32)cc1. The van der Waals surface area contributed by atoms with Gasteiger partial charge in [-0.25, -0.2) is 4.98 Å². The monoisotopic (exact) mass is 1080 g/mol. The van der Waals surface area contributed by atoms with Crippen LogP contribution in [0.4, 0.5) is 0 Å². The zero-order valence-corrected chi connectivity index (χ0v) is 45.2. The Hall–Kier alpha value is -11.0. The molecule has 0 bridgehead atoms. The van der Waals surface area contributed by atoms with E-state index < -0.39 is 0 Å². The van der Waals surface area contributed by atoms with E-state index in [-0.39, 0.29) is 0 Å². The van der Waals surface area contributed by atoms with Crippen LogP contribution in [-0.4, -0.2) is 38.2 Å². The van der Waals surface area contributed by atoms with Crippen molar-refractivity contribution in [3.63, 3.8) is 0 Å². The van der Waals surface area contributed by atoms with Gasteiger partial charge in [0.15, 0.2) is 11.6 Å². The Morgan fingerprint density at radius 2 is 0.675 bits per heavy atom. The maximum Gasteiger partial charge on any atom is 0.165 e. The second kappa shape index (κ2) is 17.7. The van der Waals surface area contributed by atoms with Gasteiger partial charge in [0.1, 0.15) is 11.4 Å². The number of nitrogens with zero attached hydrogens (tertiary/aromatic N) is 8. The van der Waals surface area contributed by atoms with E-state index in [0.29, 0.717) is 0 Å². The van der Waals surface area contributed by atoms with Crippen molar-refractivity contribution in [3.05, 3.63) is 268 Å². The van der Waals surface area contributed by atoms with Gasteiger partial charge < -0.3 is 9.13 Å². The van der Waals surface area contributed by atoms with Gasteiger partial charge in [0, 0.05) is 93.0 Å². The van der Waals surface area contributed by atoms with Gasteiger partial charge in [0.25, 0.3) is 0 Å². The van der Waals surface area contributed by atoms with Crippen molar-refractivity contribution in [3.8, 4) is 56.4 Å². The molecule has 18 rings (SSSR count).